The summed E-state index contributed by atoms with van der Waals surface area (Å²) in [6, 6.07) is 9.20. The Kier molecular flexibility index (Phi) is 6.96. The number of nitrogens with zero attached hydrogens (tertiary/aromatic N) is 2. The summed E-state index contributed by atoms with van der Waals surface area (Å²) in [5.74, 6) is 1.07. The molecule has 2 aromatic rings. The number of aromatic amines is 1. The number of likely N-dealkylation sites (tertiary alicyclic amines) is 1. The van der Waals surface area contributed by atoms with Crippen LogP contribution >= 0.6 is 11.6 Å². The molecule has 1 fully saturated rings. The molecule has 0 bridgehead atoms. The number of methoxy groups -OCH3 is 1. The summed E-state index contributed by atoms with van der Waals surface area (Å²) in [6.07, 6.45) is 5.48. The number of carbonyl (C=O) groups is 1. The number of nitriles is 1. The third kappa shape index (κ3) is 5.51. The summed E-state index contributed by atoms with van der Waals surface area (Å²) in [4.78, 5) is 17.8. The second-order valence-corrected chi connectivity index (χ2v) is 7.64. The fraction of sp³-hybridized carbons (Fsp3) is 0.429. The molecular weight excluding hydrogens is 376 g/mol. The lowest BCUT2D eigenvalue weighted by atomic mass is 9.93. The van der Waals surface area contributed by atoms with Crippen molar-refractivity contribution in [1.82, 2.24) is 9.88 Å². The van der Waals surface area contributed by atoms with E-state index < -0.39 is 0 Å². The van der Waals surface area contributed by atoms with Crippen LogP contribution in [0.2, 0.25) is 5.02 Å². The van der Waals surface area contributed by atoms with Crippen molar-refractivity contribution in [3.63, 3.8) is 0 Å². The van der Waals surface area contributed by atoms with Crippen LogP contribution in [0, 0.1) is 17.2 Å². The Morgan fingerprint density at radius 1 is 1.46 bits per heavy atom. The topological polar surface area (TPSA) is 81.2 Å². The first kappa shape index (κ1) is 20.2. The maximum Gasteiger partial charge on any atom is 0.224 e. The zero-order valence-corrected chi connectivity index (χ0v) is 16.8. The van der Waals surface area contributed by atoms with Gasteiger partial charge in [0.1, 0.15) is 17.5 Å². The molecule has 148 valence electrons. The zero-order chi connectivity index (χ0) is 19.9. The van der Waals surface area contributed by atoms with Crippen molar-refractivity contribution >= 4 is 23.2 Å². The maximum absolute atomic E-state index is 12.4. The van der Waals surface area contributed by atoms with Crippen molar-refractivity contribution < 1.29 is 9.53 Å². The molecule has 1 amide bonds. The van der Waals surface area contributed by atoms with E-state index in [-0.39, 0.29) is 5.91 Å². The van der Waals surface area contributed by atoms with E-state index in [1.165, 1.54) is 0 Å². The van der Waals surface area contributed by atoms with Gasteiger partial charge in [0.2, 0.25) is 5.91 Å². The number of carbonyl (C=O) groups excluding carboxylic acids is 1. The average Bonchev–Trinajstić information content (AvgIpc) is 3.14. The quantitative estimate of drug-likeness (QED) is 0.730. The van der Waals surface area contributed by atoms with Crippen LogP contribution in [-0.4, -0.2) is 36.0 Å². The SMILES string of the molecule is COc1ccc(Cl)cc1NC(=O)CC[C@H]1CCCN(Cc2c[nH]c(C#N)c2)C1. The highest BCUT2D eigenvalue weighted by Crippen LogP contribution is 2.28. The predicted octanol–water partition coefficient (Wildman–Crippen LogP) is 4.18. The molecule has 1 aromatic carbocycles. The summed E-state index contributed by atoms with van der Waals surface area (Å²) in [7, 11) is 1.57. The fourth-order valence-electron chi connectivity index (χ4n) is 3.71. The van der Waals surface area contributed by atoms with Gasteiger partial charge >= 0.3 is 0 Å². The molecule has 1 aliphatic rings. The molecule has 0 unspecified atom stereocenters. The van der Waals surface area contributed by atoms with E-state index in [4.69, 9.17) is 21.6 Å². The number of halogens is 1. The Bertz CT molecular complexity index is 858. The van der Waals surface area contributed by atoms with E-state index in [1.807, 2.05) is 12.3 Å². The van der Waals surface area contributed by atoms with Gasteiger partial charge in [0.25, 0.3) is 0 Å². The Balaban J connectivity index is 1.48. The molecular formula is C21H25ClN4O2. The minimum atomic E-state index is -0.0259. The van der Waals surface area contributed by atoms with E-state index in [0.29, 0.717) is 34.5 Å². The van der Waals surface area contributed by atoms with E-state index in [2.05, 4.69) is 21.3 Å². The Hall–Kier alpha value is -2.49. The van der Waals surface area contributed by atoms with E-state index in [1.54, 1.807) is 25.3 Å². The summed E-state index contributed by atoms with van der Waals surface area (Å²) in [5.41, 5.74) is 2.32. The molecule has 1 aliphatic heterocycles. The number of H-pyrrole nitrogens is 1. The molecule has 2 N–H and O–H groups in total. The molecule has 7 heteroatoms. The van der Waals surface area contributed by atoms with Crippen molar-refractivity contribution in [2.24, 2.45) is 5.92 Å². The molecule has 3 rings (SSSR count). The molecule has 0 aliphatic carbocycles. The summed E-state index contributed by atoms with van der Waals surface area (Å²) in [5, 5.41) is 12.4. The van der Waals surface area contributed by atoms with Crippen molar-refractivity contribution in [1.29, 1.82) is 5.26 Å². The van der Waals surface area contributed by atoms with Gasteiger partial charge < -0.3 is 15.0 Å². The first-order valence-corrected chi connectivity index (χ1v) is 9.88. The van der Waals surface area contributed by atoms with Crippen molar-refractivity contribution in [2.75, 3.05) is 25.5 Å². The molecule has 1 aromatic heterocycles. The normalized spacial score (nSPS) is 17.1. The van der Waals surface area contributed by atoms with Gasteiger partial charge in [-0.1, -0.05) is 11.6 Å². The standard InChI is InChI=1S/C21H25ClN4O2/c1-28-20-6-5-17(22)10-19(20)25-21(27)7-4-15-3-2-8-26(13-15)14-16-9-18(11-23)24-12-16/h5-6,9-10,12,15,24H,2-4,7-8,13-14H2,1H3,(H,25,27)/t15-/m1/s1. The Morgan fingerprint density at radius 2 is 2.32 bits per heavy atom. The number of anilines is 1. The van der Waals surface area contributed by atoms with Crippen molar-refractivity contribution in [3.8, 4) is 11.8 Å². The number of rotatable bonds is 7. The minimum absolute atomic E-state index is 0.0259. The second kappa shape index (κ2) is 9.63. The number of aromatic nitrogens is 1. The number of piperidine rings is 1. The minimum Gasteiger partial charge on any atom is -0.495 e. The van der Waals surface area contributed by atoms with Gasteiger partial charge in [0.15, 0.2) is 0 Å². The number of amides is 1. The zero-order valence-electron chi connectivity index (χ0n) is 16.0. The largest absolute Gasteiger partial charge is 0.495 e. The van der Waals surface area contributed by atoms with Crippen molar-refractivity contribution in [3.05, 3.63) is 46.7 Å². The van der Waals surface area contributed by atoms with Gasteiger partial charge in [-0.15, -0.1) is 0 Å². The molecule has 0 saturated carbocycles. The summed E-state index contributed by atoms with van der Waals surface area (Å²) < 4.78 is 5.27. The van der Waals surface area contributed by atoms with Crippen LogP contribution in [0.4, 0.5) is 5.69 Å². The first-order chi connectivity index (χ1) is 13.6. The van der Waals surface area contributed by atoms with Crippen LogP contribution < -0.4 is 10.1 Å². The lowest BCUT2D eigenvalue weighted by Gasteiger charge is -2.32. The average molecular weight is 401 g/mol. The number of benzene rings is 1. The third-order valence-electron chi connectivity index (χ3n) is 5.09. The molecule has 2 heterocycles. The Morgan fingerprint density at radius 3 is 3.07 bits per heavy atom. The highest BCUT2D eigenvalue weighted by Gasteiger charge is 2.21. The summed E-state index contributed by atoms with van der Waals surface area (Å²) in [6.45, 7) is 2.86. The van der Waals surface area contributed by atoms with Gasteiger partial charge in [-0.25, -0.2) is 0 Å². The van der Waals surface area contributed by atoms with Crippen LogP contribution in [0.15, 0.2) is 30.5 Å². The van der Waals surface area contributed by atoms with Crippen LogP contribution in [-0.2, 0) is 11.3 Å². The number of hydrogen-bond acceptors (Lipinski definition) is 4. The molecule has 28 heavy (non-hydrogen) atoms. The van der Waals surface area contributed by atoms with E-state index >= 15 is 0 Å². The summed E-state index contributed by atoms with van der Waals surface area (Å²) >= 11 is 6.02. The Labute approximate surface area is 170 Å². The fourth-order valence-corrected chi connectivity index (χ4v) is 3.88. The second-order valence-electron chi connectivity index (χ2n) is 7.21. The molecule has 0 spiro atoms. The van der Waals surface area contributed by atoms with Gasteiger partial charge in [-0.3, -0.25) is 9.69 Å². The molecule has 1 saturated heterocycles. The monoisotopic (exact) mass is 400 g/mol. The van der Waals surface area contributed by atoms with Crippen LogP contribution in [0.3, 0.4) is 0 Å². The van der Waals surface area contributed by atoms with Crippen LogP contribution in [0.5, 0.6) is 5.75 Å². The van der Waals surface area contributed by atoms with Gasteiger partial charge in [0.05, 0.1) is 12.8 Å². The smallest absolute Gasteiger partial charge is 0.224 e. The third-order valence-corrected chi connectivity index (χ3v) is 5.32. The molecule has 1 atom stereocenters. The van der Waals surface area contributed by atoms with Crippen LogP contribution in [0.25, 0.3) is 0 Å². The highest BCUT2D eigenvalue weighted by molar-refractivity contribution is 6.31. The molecule has 6 nitrogen and oxygen atoms in total. The van der Waals surface area contributed by atoms with E-state index in [9.17, 15) is 4.79 Å². The number of ether oxygens (including phenoxy) is 1. The lowest BCUT2D eigenvalue weighted by Crippen LogP contribution is -2.35. The molecule has 0 radical (unpaired) electrons. The van der Waals surface area contributed by atoms with E-state index in [0.717, 1.165) is 44.5 Å². The highest BCUT2D eigenvalue weighted by atomic mass is 35.5. The van der Waals surface area contributed by atoms with Crippen molar-refractivity contribution in [2.45, 2.75) is 32.2 Å². The van der Waals surface area contributed by atoms with Gasteiger partial charge in [-0.2, -0.15) is 5.26 Å². The van der Waals surface area contributed by atoms with Crippen LogP contribution in [0.1, 0.15) is 36.9 Å². The number of nitrogens with one attached hydrogen (secondary N) is 2. The first-order valence-electron chi connectivity index (χ1n) is 9.50. The van der Waals surface area contributed by atoms with Gasteiger partial charge in [-0.05, 0) is 61.6 Å². The number of hydrogen-bond donors (Lipinski definition) is 2. The lowest BCUT2D eigenvalue weighted by molar-refractivity contribution is -0.116. The van der Waals surface area contributed by atoms with Gasteiger partial charge in [0, 0.05) is 30.7 Å². The maximum atomic E-state index is 12.4. The predicted molar refractivity (Wildman–Crippen MR) is 109 cm³/mol.